The van der Waals surface area contributed by atoms with Crippen molar-refractivity contribution in [3.8, 4) is 5.75 Å². The molecule has 1 aromatic carbocycles. The zero-order valence-electron chi connectivity index (χ0n) is 7.12. The van der Waals surface area contributed by atoms with Gasteiger partial charge in [-0.15, -0.1) is 0 Å². The highest BCUT2D eigenvalue weighted by molar-refractivity contribution is 6.10. The van der Waals surface area contributed by atoms with E-state index in [2.05, 4.69) is 4.98 Å². The lowest BCUT2D eigenvalue weighted by Gasteiger charge is -2.04. The SMILES string of the molecule is Cc1ccc2cccnc2c1OCl. The number of aryl methyl sites for hydroxylation is 1. The van der Waals surface area contributed by atoms with Gasteiger partial charge >= 0.3 is 0 Å². The molecule has 0 saturated heterocycles. The summed E-state index contributed by atoms with van der Waals surface area (Å²) < 4.78 is 4.77. The summed E-state index contributed by atoms with van der Waals surface area (Å²) in [6.45, 7) is 1.94. The maximum Gasteiger partial charge on any atom is 0.175 e. The summed E-state index contributed by atoms with van der Waals surface area (Å²) in [5.41, 5.74) is 1.79. The minimum atomic E-state index is 0.639. The molecule has 0 spiro atoms. The van der Waals surface area contributed by atoms with Gasteiger partial charge in [0.15, 0.2) is 5.75 Å². The quantitative estimate of drug-likeness (QED) is 0.695. The van der Waals surface area contributed by atoms with Crippen molar-refractivity contribution in [2.45, 2.75) is 6.92 Å². The summed E-state index contributed by atoms with van der Waals surface area (Å²) in [6, 6.07) is 7.82. The molecule has 0 fully saturated rings. The van der Waals surface area contributed by atoms with Crippen LogP contribution < -0.4 is 4.29 Å². The third-order valence-corrected chi connectivity index (χ3v) is 2.16. The molecule has 0 amide bonds. The monoisotopic (exact) mass is 193 g/mol. The molecule has 0 saturated carbocycles. The Balaban J connectivity index is 2.84. The fraction of sp³-hybridized carbons (Fsp3) is 0.100. The first-order valence-corrected chi connectivity index (χ1v) is 4.26. The molecule has 2 aromatic rings. The van der Waals surface area contributed by atoms with Crippen molar-refractivity contribution in [2.24, 2.45) is 0 Å². The molecule has 2 rings (SSSR count). The van der Waals surface area contributed by atoms with Gasteiger partial charge in [-0.1, -0.05) is 18.2 Å². The molecule has 2 nitrogen and oxygen atoms in total. The summed E-state index contributed by atoms with van der Waals surface area (Å²) in [5, 5.41) is 1.03. The number of nitrogens with zero attached hydrogens (tertiary/aromatic N) is 1. The first-order valence-electron chi connectivity index (χ1n) is 3.96. The molecule has 1 aromatic heterocycles. The topological polar surface area (TPSA) is 22.1 Å². The third-order valence-electron chi connectivity index (χ3n) is 2.00. The van der Waals surface area contributed by atoms with Crippen LogP contribution in [0.4, 0.5) is 0 Å². The molecule has 0 radical (unpaired) electrons. The molecular weight excluding hydrogens is 186 g/mol. The third kappa shape index (κ3) is 1.33. The highest BCUT2D eigenvalue weighted by Gasteiger charge is 2.05. The van der Waals surface area contributed by atoms with Crippen molar-refractivity contribution in [3.63, 3.8) is 0 Å². The van der Waals surface area contributed by atoms with Crippen LogP contribution in [0.25, 0.3) is 10.9 Å². The van der Waals surface area contributed by atoms with Gasteiger partial charge in [0, 0.05) is 11.6 Å². The Bertz CT molecular complexity index is 442. The largest absolute Gasteiger partial charge is 0.383 e. The minimum Gasteiger partial charge on any atom is -0.383 e. The van der Waals surface area contributed by atoms with Gasteiger partial charge in [0.2, 0.25) is 0 Å². The predicted octanol–water partition coefficient (Wildman–Crippen LogP) is 3.08. The summed E-state index contributed by atoms with van der Waals surface area (Å²) in [5.74, 6) is 0.639. The van der Waals surface area contributed by atoms with E-state index in [0.717, 1.165) is 16.5 Å². The maximum atomic E-state index is 5.37. The number of halogens is 1. The second-order valence-corrected chi connectivity index (χ2v) is 3.02. The predicted molar refractivity (Wildman–Crippen MR) is 53.0 cm³/mol. The lowest BCUT2D eigenvalue weighted by Crippen LogP contribution is -1.86. The zero-order valence-corrected chi connectivity index (χ0v) is 7.88. The number of pyridine rings is 1. The molecule has 0 aliphatic carbocycles. The van der Waals surface area contributed by atoms with Crippen LogP contribution in [0, 0.1) is 6.92 Å². The smallest absolute Gasteiger partial charge is 0.175 e. The second kappa shape index (κ2) is 3.23. The first-order chi connectivity index (χ1) is 6.33. The van der Waals surface area contributed by atoms with E-state index in [9.17, 15) is 0 Å². The van der Waals surface area contributed by atoms with E-state index in [4.69, 9.17) is 16.2 Å². The van der Waals surface area contributed by atoms with Crippen molar-refractivity contribution >= 4 is 22.8 Å². The number of hydrogen-bond donors (Lipinski definition) is 0. The van der Waals surface area contributed by atoms with E-state index in [1.54, 1.807) is 6.20 Å². The van der Waals surface area contributed by atoms with Crippen LogP contribution in [0.15, 0.2) is 30.5 Å². The number of aromatic nitrogens is 1. The van der Waals surface area contributed by atoms with Crippen molar-refractivity contribution in [2.75, 3.05) is 0 Å². The maximum absolute atomic E-state index is 5.37. The van der Waals surface area contributed by atoms with Gasteiger partial charge in [0.05, 0.1) is 0 Å². The molecule has 0 bridgehead atoms. The van der Waals surface area contributed by atoms with Crippen molar-refractivity contribution < 1.29 is 4.29 Å². The molecule has 1 heterocycles. The summed E-state index contributed by atoms with van der Waals surface area (Å²) in [4.78, 5) is 4.20. The molecular formula is C10H8ClNO. The Morgan fingerprint density at radius 1 is 1.31 bits per heavy atom. The molecule has 0 atom stereocenters. The fourth-order valence-electron chi connectivity index (χ4n) is 1.32. The van der Waals surface area contributed by atoms with Crippen molar-refractivity contribution in [1.29, 1.82) is 0 Å². The number of benzene rings is 1. The summed E-state index contributed by atoms with van der Waals surface area (Å²) in [7, 11) is 0. The Morgan fingerprint density at radius 3 is 2.92 bits per heavy atom. The van der Waals surface area contributed by atoms with E-state index in [0.29, 0.717) is 5.75 Å². The van der Waals surface area contributed by atoms with Gasteiger partial charge in [-0.2, -0.15) is 0 Å². The van der Waals surface area contributed by atoms with Crippen LogP contribution in [0.5, 0.6) is 5.75 Å². The highest BCUT2D eigenvalue weighted by atomic mass is 35.5. The Hall–Kier alpha value is -1.28. The van der Waals surface area contributed by atoms with Crippen molar-refractivity contribution in [3.05, 3.63) is 36.0 Å². The number of fused-ring (bicyclic) bond motifs is 1. The molecule has 66 valence electrons. The Labute approximate surface area is 81.3 Å². The van der Waals surface area contributed by atoms with Gasteiger partial charge in [0.1, 0.15) is 17.4 Å². The first kappa shape index (κ1) is 8.32. The standard InChI is InChI=1S/C10H8ClNO/c1-7-4-5-8-3-2-6-12-9(8)10(7)13-11/h2-6H,1H3. The van der Waals surface area contributed by atoms with E-state index < -0.39 is 0 Å². The van der Waals surface area contributed by atoms with E-state index in [1.165, 1.54) is 0 Å². The Kier molecular flexibility index (Phi) is 2.07. The second-order valence-electron chi connectivity index (χ2n) is 2.86. The highest BCUT2D eigenvalue weighted by Crippen LogP contribution is 2.27. The van der Waals surface area contributed by atoms with Gasteiger partial charge in [-0.05, 0) is 18.6 Å². The summed E-state index contributed by atoms with van der Waals surface area (Å²) >= 11 is 5.37. The fourth-order valence-corrected chi connectivity index (χ4v) is 1.51. The number of hydrogen-bond acceptors (Lipinski definition) is 2. The van der Waals surface area contributed by atoms with Gasteiger partial charge in [-0.25, -0.2) is 0 Å². The summed E-state index contributed by atoms with van der Waals surface area (Å²) in [6.07, 6.45) is 1.72. The van der Waals surface area contributed by atoms with E-state index in [1.807, 2.05) is 31.2 Å². The molecule has 3 heteroatoms. The van der Waals surface area contributed by atoms with Gasteiger partial charge in [-0.3, -0.25) is 4.98 Å². The van der Waals surface area contributed by atoms with Crippen LogP contribution in [-0.2, 0) is 0 Å². The number of rotatable bonds is 1. The van der Waals surface area contributed by atoms with Crippen LogP contribution >= 0.6 is 11.9 Å². The zero-order chi connectivity index (χ0) is 9.26. The molecule has 0 unspecified atom stereocenters. The molecule has 0 aliphatic rings. The lowest BCUT2D eigenvalue weighted by atomic mass is 10.1. The van der Waals surface area contributed by atoms with Gasteiger partial charge in [0.25, 0.3) is 0 Å². The minimum absolute atomic E-state index is 0.639. The van der Waals surface area contributed by atoms with Gasteiger partial charge < -0.3 is 4.29 Å². The molecule has 0 N–H and O–H groups in total. The van der Waals surface area contributed by atoms with Crippen molar-refractivity contribution in [1.82, 2.24) is 4.98 Å². The molecule has 0 aliphatic heterocycles. The Morgan fingerprint density at radius 2 is 2.15 bits per heavy atom. The van der Waals surface area contributed by atoms with Crippen LogP contribution in [0.1, 0.15) is 5.56 Å². The normalized spacial score (nSPS) is 10.3. The van der Waals surface area contributed by atoms with Crippen LogP contribution in [0.2, 0.25) is 0 Å². The average Bonchev–Trinajstić information content (AvgIpc) is 2.18. The average molecular weight is 194 g/mol. The molecule has 13 heavy (non-hydrogen) atoms. The van der Waals surface area contributed by atoms with Crippen LogP contribution in [-0.4, -0.2) is 4.98 Å². The van der Waals surface area contributed by atoms with E-state index in [-0.39, 0.29) is 0 Å². The van der Waals surface area contributed by atoms with E-state index >= 15 is 0 Å². The lowest BCUT2D eigenvalue weighted by molar-refractivity contribution is 0.619. The van der Waals surface area contributed by atoms with Crippen LogP contribution in [0.3, 0.4) is 0 Å².